The van der Waals surface area contributed by atoms with Crippen LogP contribution in [0.5, 0.6) is 5.88 Å². The molecular weight excluding hydrogens is 287 g/mol. The zero-order chi connectivity index (χ0) is 13.8. The topological polar surface area (TPSA) is 73.1 Å². The summed E-state index contributed by atoms with van der Waals surface area (Å²) in [5.41, 5.74) is 3.79. The highest BCUT2D eigenvalue weighted by molar-refractivity contribution is 6.36. The summed E-state index contributed by atoms with van der Waals surface area (Å²) in [5.74, 6) is 5.97. The molecule has 0 radical (unpaired) electrons. The maximum absolute atomic E-state index is 6.18. The van der Waals surface area contributed by atoms with E-state index in [2.05, 4.69) is 15.4 Å². The Balaban J connectivity index is 2.57. The predicted molar refractivity (Wildman–Crippen MR) is 74.2 cm³/mol. The molecule has 0 bridgehead atoms. The summed E-state index contributed by atoms with van der Waals surface area (Å²) in [5, 5.41) is 0.978. The van der Waals surface area contributed by atoms with Gasteiger partial charge in [-0.05, 0) is 12.1 Å². The molecule has 0 amide bonds. The third-order valence-corrected chi connectivity index (χ3v) is 3.27. The second-order valence-corrected chi connectivity index (χ2v) is 4.50. The molecule has 0 aliphatic heterocycles. The van der Waals surface area contributed by atoms with E-state index in [0.29, 0.717) is 27.2 Å². The minimum atomic E-state index is -0.509. The SMILES string of the molecule is COc1nccnc1C(NN)c1c(Cl)cccc1Cl. The first-order valence-corrected chi connectivity index (χ1v) is 6.19. The van der Waals surface area contributed by atoms with Crippen LogP contribution in [-0.4, -0.2) is 17.1 Å². The first-order chi connectivity index (χ1) is 9.19. The van der Waals surface area contributed by atoms with Crippen molar-refractivity contribution in [3.8, 4) is 5.88 Å². The molecule has 5 nitrogen and oxygen atoms in total. The average Bonchev–Trinajstić information content (AvgIpc) is 2.43. The van der Waals surface area contributed by atoms with Gasteiger partial charge in [-0.2, -0.15) is 0 Å². The number of nitrogens with zero attached hydrogens (tertiary/aromatic N) is 2. The summed E-state index contributed by atoms with van der Waals surface area (Å²) in [4.78, 5) is 8.32. The summed E-state index contributed by atoms with van der Waals surface area (Å²) in [6, 6.07) is 4.71. The molecule has 0 aliphatic rings. The van der Waals surface area contributed by atoms with Gasteiger partial charge in [0.2, 0.25) is 5.88 Å². The molecule has 2 aromatic rings. The Bertz CT molecular complexity index is 559. The smallest absolute Gasteiger partial charge is 0.237 e. The summed E-state index contributed by atoms with van der Waals surface area (Å²) >= 11 is 12.4. The fourth-order valence-electron chi connectivity index (χ4n) is 1.78. The molecule has 0 spiro atoms. The molecule has 7 heteroatoms. The third kappa shape index (κ3) is 2.79. The van der Waals surface area contributed by atoms with Crippen molar-refractivity contribution < 1.29 is 4.74 Å². The Labute approximate surface area is 120 Å². The van der Waals surface area contributed by atoms with Gasteiger partial charge in [-0.25, -0.2) is 10.4 Å². The zero-order valence-electron chi connectivity index (χ0n) is 10.1. The van der Waals surface area contributed by atoms with Gasteiger partial charge in [0.25, 0.3) is 0 Å². The molecule has 1 aromatic carbocycles. The van der Waals surface area contributed by atoms with Crippen LogP contribution < -0.4 is 16.0 Å². The molecule has 2 rings (SSSR count). The highest BCUT2D eigenvalue weighted by atomic mass is 35.5. The number of halogens is 2. The van der Waals surface area contributed by atoms with E-state index >= 15 is 0 Å². The average molecular weight is 299 g/mol. The molecule has 1 atom stereocenters. The van der Waals surface area contributed by atoms with Crippen molar-refractivity contribution in [2.45, 2.75) is 6.04 Å². The van der Waals surface area contributed by atoms with E-state index in [1.807, 2.05) is 0 Å². The normalized spacial score (nSPS) is 12.2. The minimum absolute atomic E-state index is 0.362. The maximum Gasteiger partial charge on any atom is 0.237 e. The number of nitrogens with one attached hydrogen (secondary N) is 1. The molecule has 1 unspecified atom stereocenters. The van der Waals surface area contributed by atoms with Gasteiger partial charge in [-0.3, -0.25) is 10.8 Å². The fourth-order valence-corrected chi connectivity index (χ4v) is 2.39. The number of ether oxygens (including phenoxy) is 1. The molecule has 19 heavy (non-hydrogen) atoms. The maximum atomic E-state index is 6.18. The van der Waals surface area contributed by atoms with E-state index in [1.54, 1.807) is 24.4 Å². The van der Waals surface area contributed by atoms with E-state index in [1.165, 1.54) is 13.3 Å². The third-order valence-electron chi connectivity index (χ3n) is 2.61. The number of methoxy groups -OCH3 is 1. The second kappa shape index (κ2) is 6.16. The Kier molecular flexibility index (Phi) is 4.55. The minimum Gasteiger partial charge on any atom is -0.480 e. The lowest BCUT2D eigenvalue weighted by molar-refractivity contribution is 0.383. The zero-order valence-corrected chi connectivity index (χ0v) is 11.6. The van der Waals surface area contributed by atoms with Gasteiger partial charge in [0.05, 0.1) is 13.2 Å². The van der Waals surface area contributed by atoms with Gasteiger partial charge < -0.3 is 4.74 Å². The van der Waals surface area contributed by atoms with Crippen LogP contribution in [0.2, 0.25) is 10.0 Å². The van der Waals surface area contributed by atoms with Crippen molar-refractivity contribution in [3.05, 3.63) is 51.9 Å². The van der Waals surface area contributed by atoms with Gasteiger partial charge in [-0.1, -0.05) is 29.3 Å². The first kappa shape index (κ1) is 14.0. The molecule has 3 N–H and O–H groups in total. The largest absolute Gasteiger partial charge is 0.480 e. The predicted octanol–water partition coefficient (Wildman–Crippen LogP) is 2.34. The second-order valence-electron chi connectivity index (χ2n) is 3.69. The first-order valence-electron chi connectivity index (χ1n) is 5.44. The van der Waals surface area contributed by atoms with E-state index in [-0.39, 0.29) is 0 Å². The van der Waals surface area contributed by atoms with Crippen LogP contribution in [-0.2, 0) is 0 Å². The molecular formula is C12H12Cl2N4O. The van der Waals surface area contributed by atoms with Crippen molar-refractivity contribution in [1.82, 2.24) is 15.4 Å². The number of rotatable bonds is 4. The molecule has 0 aliphatic carbocycles. The lowest BCUT2D eigenvalue weighted by Gasteiger charge is -2.19. The van der Waals surface area contributed by atoms with Crippen molar-refractivity contribution in [2.75, 3.05) is 7.11 Å². The Morgan fingerprint density at radius 1 is 1.21 bits per heavy atom. The summed E-state index contributed by atoms with van der Waals surface area (Å²) < 4.78 is 5.17. The van der Waals surface area contributed by atoms with Gasteiger partial charge >= 0.3 is 0 Å². The molecule has 0 fully saturated rings. The lowest BCUT2D eigenvalue weighted by atomic mass is 10.0. The highest BCUT2D eigenvalue weighted by Gasteiger charge is 2.23. The lowest BCUT2D eigenvalue weighted by Crippen LogP contribution is -2.30. The Morgan fingerprint density at radius 3 is 2.42 bits per heavy atom. The molecule has 100 valence electrons. The molecule has 1 aromatic heterocycles. The van der Waals surface area contributed by atoms with Crippen molar-refractivity contribution >= 4 is 23.2 Å². The number of nitrogens with two attached hydrogens (primary N) is 1. The monoisotopic (exact) mass is 298 g/mol. The highest BCUT2D eigenvalue weighted by Crippen LogP contribution is 2.35. The van der Waals surface area contributed by atoms with E-state index < -0.39 is 6.04 Å². The number of hydrogen-bond donors (Lipinski definition) is 2. The van der Waals surface area contributed by atoms with E-state index in [0.717, 1.165) is 0 Å². The molecule has 1 heterocycles. The summed E-state index contributed by atoms with van der Waals surface area (Å²) in [7, 11) is 1.51. The standard InChI is InChI=1S/C12H12Cl2N4O/c1-19-12-11(16-5-6-17-12)10(18-15)9-7(13)3-2-4-8(9)14/h2-6,10,18H,15H2,1H3. The molecule has 0 saturated carbocycles. The van der Waals surface area contributed by atoms with Crippen molar-refractivity contribution in [2.24, 2.45) is 5.84 Å². The molecule has 0 saturated heterocycles. The van der Waals surface area contributed by atoms with Crippen LogP contribution in [0.4, 0.5) is 0 Å². The number of aromatic nitrogens is 2. The number of benzene rings is 1. The van der Waals surface area contributed by atoms with Crippen LogP contribution >= 0.6 is 23.2 Å². The number of hydrazine groups is 1. The Hall–Kier alpha value is -1.40. The van der Waals surface area contributed by atoms with Crippen molar-refractivity contribution in [1.29, 1.82) is 0 Å². The fraction of sp³-hybridized carbons (Fsp3) is 0.167. The van der Waals surface area contributed by atoms with Crippen LogP contribution in [0.25, 0.3) is 0 Å². The van der Waals surface area contributed by atoms with Gasteiger partial charge in [0.15, 0.2) is 0 Å². The van der Waals surface area contributed by atoms with Crippen LogP contribution in [0.15, 0.2) is 30.6 Å². The van der Waals surface area contributed by atoms with E-state index in [9.17, 15) is 0 Å². The van der Waals surface area contributed by atoms with Crippen LogP contribution in [0.1, 0.15) is 17.3 Å². The Morgan fingerprint density at radius 2 is 1.84 bits per heavy atom. The number of hydrogen-bond acceptors (Lipinski definition) is 5. The van der Waals surface area contributed by atoms with Gasteiger partial charge in [-0.15, -0.1) is 0 Å². The van der Waals surface area contributed by atoms with E-state index in [4.69, 9.17) is 33.8 Å². The van der Waals surface area contributed by atoms with Gasteiger partial charge in [0.1, 0.15) is 5.69 Å². The van der Waals surface area contributed by atoms with Crippen molar-refractivity contribution in [3.63, 3.8) is 0 Å². The van der Waals surface area contributed by atoms with Crippen LogP contribution in [0, 0.1) is 0 Å². The van der Waals surface area contributed by atoms with Crippen LogP contribution in [0.3, 0.4) is 0 Å². The summed E-state index contributed by atoms with van der Waals surface area (Å²) in [6.45, 7) is 0. The van der Waals surface area contributed by atoms with Gasteiger partial charge in [0, 0.05) is 28.0 Å². The quantitative estimate of drug-likeness (QED) is 0.669. The summed E-state index contributed by atoms with van der Waals surface area (Å²) in [6.07, 6.45) is 3.08.